The first-order chi connectivity index (χ1) is 7.62. The molecular weight excluding hydrogens is 490 g/mol. The molecule has 5 atom stereocenters. The molecule has 0 radical (unpaired) electrons. The molecule has 0 spiro atoms. The summed E-state index contributed by atoms with van der Waals surface area (Å²) in [4.78, 5) is 0.797. The summed E-state index contributed by atoms with van der Waals surface area (Å²) in [6, 6.07) is 0. The van der Waals surface area contributed by atoms with Crippen LogP contribution < -0.4 is 0 Å². The molecule has 0 saturated heterocycles. The zero-order chi connectivity index (χ0) is 11.3. The van der Waals surface area contributed by atoms with E-state index < -0.39 is 0 Å². The predicted octanol–water partition coefficient (Wildman–Crippen LogP) is 5.55. The molecule has 3 aliphatic carbocycles. The van der Waals surface area contributed by atoms with E-state index in [0.29, 0.717) is 1.43 Å². The summed E-state index contributed by atoms with van der Waals surface area (Å²) in [5, 5.41) is 0. The third-order valence-corrected chi connectivity index (χ3v) is 9.24. The van der Waals surface area contributed by atoms with Crippen LogP contribution in [0.1, 0.15) is 44.9 Å². The second-order valence-corrected chi connectivity index (χ2v) is 12.7. The van der Waals surface area contributed by atoms with E-state index in [9.17, 15) is 0 Å². The molecule has 0 bridgehead atoms. The van der Waals surface area contributed by atoms with Gasteiger partial charge in [0.1, 0.15) is 0 Å². The van der Waals surface area contributed by atoms with Crippen molar-refractivity contribution in [1.82, 2.24) is 0 Å². The zero-order valence-electron chi connectivity index (χ0n) is 9.47. The molecule has 5 unspecified atom stereocenters. The van der Waals surface area contributed by atoms with Crippen LogP contribution in [-0.4, -0.2) is 6.26 Å². The Bertz CT molecular complexity index is 279. The van der Waals surface area contributed by atoms with Gasteiger partial charge < -0.3 is 0 Å². The van der Waals surface area contributed by atoms with E-state index in [1.54, 1.807) is 0 Å². The Hall–Kier alpha value is 1.94. The van der Waals surface area contributed by atoms with Crippen LogP contribution in [-0.2, 0) is 0 Å². The molecule has 0 nitrogen and oxygen atoms in total. The second-order valence-electron chi connectivity index (χ2n) is 5.87. The summed E-state index contributed by atoms with van der Waals surface area (Å²) in [5.41, 5.74) is 0. The summed E-state index contributed by atoms with van der Waals surface area (Å²) in [7, 11) is 0. The number of hydrogen-bond donors (Lipinski definition) is 0. The van der Waals surface area contributed by atoms with Crippen LogP contribution in [0.3, 0.4) is 0 Å². The summed E-state index contributed by atoms with van der Waals surface area (Å²) < 4.78 is 0.542. The van der Waals surface area contributed by atoms with Gasteiger partial charge in [0.05, 0.1) is 1.43 Å². The Balaban J connectivity index is 1.94. The van der Waals surface area contributed by atoms with Crippen molar-refractivity contribution in [3.8, 4) is 0 Å². The van der Waals surface area contributed by atoms with Gasteiger partial charge in [-0.05, 0) is 49.4 Å². The maximum absolute atomic E-state index is 4.00. The lowest BCUT2D eigenvalue weighted by atomic mass is 9.73. The normalized spacial score (nSPS) is 50.8. The van der Waals surface area contributed by atoms with Gasteiger partial charge in [0, 0.05) is 4.83 Å². The maximum atomic E-state index is 4.00. The van der Waals surface area contributed by atoms with Gasteiger partial charge in [0.15, 0.2) is 0 Å². The van der Waals surface area contributed by atoms with Gasteiger partial charge in [-0.15, -0.1) is 0 Å². The molecule has 0 aliphatic heterocycles. The van der Waals surface area contributed by atoms with Crippen molar-refractivity contribution in [2.24, 2.45) is 23.7 Å². The van der Waals surface area contributed by atoms with Gasteiger partial charge in [0.25, 0.3) is 0 Å². The van der Waals surface area contributed by atoms with E-state index in [2.05, 4.69) is 61.1 Å². The lowest BCUT2D eigenvalue weighted by Gasteiger charge is -2.37. The summed E-state index contributed by atoms with van der Waals surface area (Å²) in [6.07, 6.45) is 10.4. The van der Waals surface area contributed by atoms with Crippen molar-refractivity contribution in [1.29, 1.82) is 0 Å². The molecule has 92 valence electrons. The highest BCUT2D eigenvalue weighted by atomic mass is 127. The smallest absolute Gasteiger partial charge is 0.0806 e. The van der Waals surface area contributed by atoms with Crippen LogP contribution >= 0.6 is 61.1 Å². The first kappa shape index (κ1) is 12.9. The van der Waals surface area contributed by atoms with Crippen LogP contribution in [0.2, 0.25) is 0 Å². The monoisotopic (exact) mass is 508 g/mol. The number of fused-ring (bicyclic) bond motifs is 3. The molecule has 3 heteroatoms. The van der Waals surface area contributed by atoms with E-state index in [1.165, 1.54) is 44.9 Å². The highest BCUT2D eigenvalue weighted by Crippen LogP contribution is 2.66. The molecule has 0 aromatic carbocycles. The SMILES string of the molecule is BrC1CCCC2C3CCCCC3C(I)(I)C12. The molecule has 0 heterocycles. The second kappa shape index (κ2) is 4.80. The van der Waals surface area contributed by atoms with Crippen LogP contribution in [0, 0.1) is 23.7 Å². The summed E-state index contributed by atoms with van der Waals surface area (Å²) >= 11 is 9.61. The third kappa shape index (κ3) is 1.93. The van der Waals surface area contributed by atoms with Gasteiger partial charge in [0.2, 0.25) is 0 Å². The average molecular weight is 509 g/mol. The molecule has 0 aromatic heterocycles. The van der Waals surface area contributed by atoms with Crippen molar-refractivity contribution in [3.63, 3.8) is 0 Å². The quantitative estimate of drug-likeness (QED) is 0.297. The molecule has 3 fully saturated rings. The van der Waals surface area contributed by atoms with Crippen LogP contribution in [0.4, 0.5) is 0 Å². The van der Waals surface area contributed by atoms with Crippen molar-refractivity contribution in [2.45, 2.75) is 51.2 Å². The molecular formula is C13H19BrI2. The standard InChI is InChI=1S/C13H19BrI2/c14-11-7-3-5-9-8-4-1-2-6-10(8)13(15,16)12(9)11/h8-12H,1-7H2. The number of halogens is 3. The minimum Gasteiger partial charge on any atom is -0.0887 e. The van der Waals surface area contributed by atoms with Crippen molar-refractivity contribution in [2.75, 3.05) is 0 Å². The highest BCUT2D eigenvalue weighted by Gasteiger charge is 2.60. The van der Waals surface area contributed by atoms with E-state index >= 15 is 0 Å². The Morgan fingerprint density at radius 1 is 0.875 bits per heavy atom. The molecule has 16 heavy (non-hydrogen) atoms. The lowest BCUT2D eigenvalue weighted by molar-refractivity contribution is 0.188. The van der Waals surface area contributed by atoms with Crippen LogP contribution in [0.15, 0.2) is 0 Å². The fraction of sp³-hybridized carbons (Fsp3) is 1.00. The Morgan fingerprint density at radius 3 is 2.38 bits per heavy atom. The largest absolute Gasteiger partial charge is 0.0887 e. The van der Waals surface area contributed by atoms with Crippen LogP contribution in [0.25, 0.3) is 0 Å². The highest BCUT2D eigenvalue weighted by molar-refractivity contribution is 14.2. The number of rotatable bonds is 0. The van der Waals surface area contributed by atoms with Gasteiger partial charge in [-0.3, -0.25) is 0 Å². The molecule has 3 aliphatic rings. The van der Waals surface area contributed by atoms with Gasteiger partial charge in [-0.2, -0.15) is 0 Å². The molecule has 3 saturated carbocycles. The van der Waals surface area contributed by atoms with E-state index in [0.717, 1.165) is 28.5 Å². The molecule has 3 rings (SSSR count). The van der Waals surface area contributed by atoms with Crippen LogP contribution in [0.5, 0.6) is 0 Å². The van der Waals surface area contributed by atoms with Gasteiger partial charge >= 0.3 is 0 Å². The van der Waals surface area contributed by atoms with Crippen molar-refractivity contribution >= 4 is 61.1 Å². The van der Waals surface area contributed by atoms with Crippen molar-refractivity contribution in [3.05, 3.63) is 0 Å². The van der Waals surface area contributed by atoms with E-state index in [4.69, 9.17) is 0 Å². The summed E-state index contributed by atoms with van der Waals surface area (Å²) in [6.45, 7) is 0. The first-order valence-corrected chi connectivity index (χ1v) is 9.71. The summed E-state index contributed by atoms with van der Waals surface area (Å²) in [5.74, 6) is 4.05. The maximum Gasteiger partial charge on any atom is 0.0806 e. The first-order valence-electron chi connectivity index (χ1n) is 6.64. The van der Waals surface area contributed by atoms with Gasteiger partial charge in [-0.1, -0.05) is 80.4 Å². The molecule has 0 aromatic rings. The topological polar surface area (TPSA) is 0 Å². The molecule has 0 N–H and O–H groups in total. The fourth-order valence-electron chi connectivity index (χ4n) is 4.58. The minimum absolute atomic E-state index is 0.542. The Kier molecular flexibility index (Phi) is 3.89. The van der Waals surface area contributed by atoms with Gasteiger partial charge in [-0.25, -0.2) is 0 Å². The predicted molar refractivity (Wildman–Crippen MR) is 89.8 cm³/mol. The minimum atomic E-state index is 0.542. The zero-order valence-corrected chi connectivity index (χ0v) is 15.4. The fourth-order valence-corrected chi connectivity index (χ4v) is 10.0. The Labute approximate surface area is 134 Å². The molecule has 0 amide bonds. The van der Waals surface area contributed by atoms with Crippen molar-refractivity contribution < 1.29 is 0 Å². The van der Waals surface area contributed by atoms with E-state index in [1.807, 2.05) is 0 Å². The number of hydrogen-bond acceptors (Lipinski definition) is 0. The third-order valence-electron chi connectivity index (χ3n) is 5.18. The average Bonchev–Trinajstić information content (AvgIpc) is 2.50. The lowest BCUT2D eigenvalue weighted by Crippen LogP contribution is -2.36. The van der Waals surface area contributed by atoms with E-state index in [-0.39, 0.29) is 0 Å². The number of alkyl halides is 3. The Morgan fingerprint density at radius 2 is 1.56 bits per heavy atom.